The van der Waals surface area contributed by atoms with Gasteiger partial charge in [-0.25, -0.2) is 26.3 Å². The van der Waals surface area contributed by atoms with Crippen LogP contribution in [0.15, 0.2) is 320 Å². The Kier molecular flexibility index (Phi) is 33.7. The van der Waals surface area contributed by atoms with Crippen molar-refractivity contribution < 1.29 is 47.6 Å². The summed E-state index contributed by atoms with van der Waals surface area (Å²) in [5.41, 5.74) is 4.09. The average molecular weight is 1610 g/mol. The number of nitrogens with one attached hydrogen (secondary N) is 2. The Hall–Kier alpha value is -5.87. The minimum atomic E-state index is -3.51. The number of halogens is 4. The monoisotopic (exact) mass is 1610 g/mol. The molecule has 0 atom stereocenters. The van der Waals surface area contributed by atoms with Gasteiger partial charge in [-0.15, -0.1) is 22.7 Å². The molecule has 0 saturated carbocycles. The van der Waals surface area contributed by atoms with Crippen LogP contribution in [0.2, 0.25) is 0 Å². The van der Waals surface area contributed by atoms with Crippen molar-refractivity contribution in [3.63, 3.8) is 0 Å². The van der Waals surface area contributed by atoms with Crippen molar-refractivity contribution in [2.45, 2.75) is 28.9 Å². The van der Waals surface area contributed by atoms with Crippen molar-refractivity contribution >= 4 is 154 Å². The summed E-state index contributed by atoms with van der Waals surface area (Å²) in [5, 5.41) is 29.4. The number of ether oxygens (including phenoxy) is 1. The quantitative estimate of drug-likeness (QED) is 0.0512. The standard InChI is InChI=1S/2C18H15P.C16H13BrN2O2S2.C10H9BrN2O2S2.C7H9BO3.CH4.2ClH.Pd/c2*1-4-10-16(11-5-1)19(17-12-6-2-7-13-17)18-14-8-3-9-15-18;17-15-3-1-13(2-4-15)14-9-16(22-11-14)23(20,21)19-10-12-5-7-18-8-6-12;11-9-5-10(16-7-9)17(14,15)13-6-8-1-3-12-4-2-8;1-11-7-4-2-6(3-5-7)8(9)10;;;;/h2*1-15H;1-9,11,19H,10H2;1-5,7,13H,6H2;2-5,9-10H,1H3;1H4;2*1H;/q;;;;;;;;+2/p-2. The first-order valence-corrected chi connectivity index (χ1v) is 40.8. The van der Waals surface area contributed by atoms with Gasteiger partial charge in [-0.2, -0.15) is 0 Å². The second-order valence-electron chi connectivity index (χ2n) is 19.0. The summed E-state index contributed by atoms with van der Waals surface area (Å²) in [4.78, 5) is 7.78. The number of benzene rings is 8. The Bertz CT molecular complexity index is 3940. The van der Waals surface area contributed by atoms with E-state index in [2.05, 4.69) is 233 Å². The maximum Gasteiger partial charge on any atom is -0.0134 e. The molecule has 0 aliphatic rings. The van der Waals surface area contributed by atoms with E-state index in [0.717, 1.165) is 31.2 Å². The topological polar surface area (TPSA) is 168 Å². The molecule has 0 aliphatic carbocycles. The van der Waals surface area contributed by atoms with Crippen molar-refractivity contribution in [1.82, 2.24) is 19.4 Å². The molecule has 4 heterocycles. The van der Waals surface area contributed by atoms with E-state index in [1.54, 1.807) is 97.9 Å². The van der Waals surface area contributed by atoms with Gasteiger partial charge in [0.2, 0.25) is 20.0 Å². The van der Waals surface area contributed by atoms with Crippen molar-refractivity contribution in [3.05, 3.63) is 323 Å². The van der Waals surface area contributed by atoms with Crippen LogP contribution in [0.1, 0.15) is 18.6 Å². The van der Waals surface area contributed by atoms with Crippen LogP contribution in [0, 0.1) is 0 Å². The average Bonchev–Trinajstić information content (AvgIpc) is 1.85. The third-order valence-electron chi connectivity index (χ3n) is 12.8. The third kappa shape index (κ3) is 25.7. The molecule has 0 spiro atoms. The van der Waals surface area contributed by atoms with E-state index in [9.17, 15) is 16.8 Å². The van der Waals surface area contributed by atoms with Gasteiger partial charge in [0.05, 0.1) is 7.11 Å². The van der Waals surface area contributed by atoms with Crippen molar-refractivity contribution in [2.24, 2.45) is 0 Å². The maximum atomic E-state index is 12.4. The molecule has 23 heteroatoms. The largest absolute Gasteiger partial charge is 0.0622 e. The first-order chi connectivity index (χ1) is 44.7. The first kappa shape index (κ1) is 76.1. The van der Waals surface area contributed by atoms with E-state index >= 15 is 0 Å². The zero-order chi connectivity index (χ0) is 65.4. The number of rotatable bonds is 17. The van der Waals surface area contributed by atoms with Gasteiger partial charge in [-0.1, -0.05) is 230 Å². The molecular formula is C70H65BBr2Cl2N4O7P2PdS4. The second-order valence-corrected chi connectivity index (χ2v) is 33.4. The molecule has 482 valence electrons. The van der Waals surface area contributed by atoms with E-state index < -0.39 is 43.0 Å². The number of nitrogens with zero attached hydrogens (tertiary/aromatic N) is 2. The Morgan fingerprint density at radius 2 is 0.785 bits per heavy atom. The van der Waals surface area contributed by atoms with Crippen LogP contribution in [-0.4, -0.2) is 51.1 Å². The summed E-state index contributed by atoms with van der Waals surface area (Å²) >= 11 is 8.91. The minimum absolute atomic E-state index is 0. The number of pyridine rings is 2. The number of hydrogen-bond donors (Lipinski definition) is 4. The predicted molar refractivity (Wildman–Crippen MR) is 398 cm³/mol. The summed E-state index contributed by atoms with van der Waals surface area (Å²) in [6.07, 6.45) is 6.54. The van der Waals surface area contributed by atoms with Crippen LogP contribution in [0.3, 0.4) is 0 Å². The molecule has 4 N–H and O–H groups in total. The summed E-state index contributed by atoms with van der Waals surface area (Å²) in [7, 11) is 1.96. The number of hydrogen-bond acceptors (Lipinski definition) is 11. The van der Waals surface area contributed by atoms with Crippen LogP contribution >= 0.6 is 89.4 Å². The van der Waals surface area contributed by atoms with Gasteiger partial charge in [0, 0.05) is 52.2 Å². The molecule has 11 nitrogen and oxygen atoms in total. The van der Waals surface area contributed by atoms with Gasteiger partial charge in [-0.3, -0.25) is 9.97 Å². The van der Waals surface area contributed by atoms with Gasteiger partial charge < -0.3 is 14.8 Å². The molecule has 93 heavy (non-hydrogen) atoms. The van der Waals surface area contributed by atoms with Gasteiger partial charge in [0.1, 0.15) is 14.2 Å². The Balaban J connectivity index is 0.000000185. The van der Waals surface area contributed by atoms with Crippen molar-refractivity contribution in [3.8, 4) is 16.9 Å². The Morgan fingerprint density at radius 3 is 1.09 bits per heavy atom. The van der Waals surface area contributed by atoms with E-state index in [-0.39, 0.29) is 36.5 Å². The summed E-state index contributed by atoms with van der Waals surface area (Å²) in [5.74, 6) is 0.703. The summed E-state index contributed by atoms with van der Waals surface area (Å²) in [6, 6.07) is 89.4. The number of methoxy groups -OCH3 is 1. The molecular weight excluding hydrogens is 1550 g/mol. The molecule has 0 radical (unpaired) electrons. The van der Waals surface area contributed by atoms with Crippen molar-refractivity contribution in [1.29, 1.82) is 0 Å². The van der Waals surface area contributed by atoms with E-state index in [4.69, 9.17) is 33.8 Å². The van der Waals surface area contributed by atoms with Crippen molar-refractivity contribution in [2.75, 3.05) is 7.11 Å². The van der Waals surface area contributed by atoms with Gasteiger partial charge in [0.25, 0.3) is 0 Å². The third-order valence-corrected chi connectivity index (χ3v) is 24.6. The molecule has 8 aromatic carbocycles. The summed E-state index contributed by atoms with van der Waals surface area (Å²) < 4.78 is 60.9. The smallest absolute Gasteiger partial charge is 0.0134 e. The fraction of sp³-hybridized carbons (Fsp3) is 0.0571. The molecule has 0 bridgehead atoms. The van der Waals surface area contributed by atoms with Gasteiger partial charge in [-0.05, 0) is 157 Å². The minimum Gasteiger partial charge on any atom is -0.0622 e. The molecule has 0 unspecified atom stereocenters. The van der Waals surface area contributed by atoms with Crippen LogP contribution in [0.25, 0.3) is 11.1 Å². The molecule has 0 saturated heterocycles. The zero-order valence-electron chi connectivity index (χ0n) is 49.0. The normalized spacial score (nSPS) is 10.6. The fourth-order valence-electron chi connectivity index (χ4n) is 8.32. The van der Waals surface area contributed by atoms with Crippen LogP contribution < -0.4 is 51.5 Å². The Labute approximate surface area is 590 Å². The van der Waals surface area contributed by atoms with E-state index in [1.807, 2.05) is 29.6 Å². The van der Waals surface area contributed by atoms with E-state index in [0.29, 0.717) is 19.6 Å². The first-order valence-electron chi connectivity index (χ1n) is 27.8. The van der Waals surface area contributed by atoms with E-state index in [1.165, 1.54) is 54.5 Å². The molecule has 12 aromatic rings. The number of sulfonamides is 2. The van der Waals surface area contributed by atoms with Gasteiger partial charge >= 0.3 is 42.1 Å². The Morgan fingerprint density at radius 1 is 0.462 bits per heavy atom. The fourth-order valence-corrected chi connectivity index (χ4v) is 18.4. The van der Waals surface area contributed by atoms with Crippen LogP contribution in [-0.2, 0) is 49.1 Å². The molecule has 0 aliphatic heterocycles. The van der Waals surface area contributed by atoms with Crippen LogP contribution in [0.4, 0.5) is 0 Å². The maximum absolute atomic E-state index is 12.4. The molecule has 0 amide bonds. The summed E-state index contributed by atoms with van der Waals surface area (Å²) in [6.45, 7) is 0.511. The van der Waals surface area contributed by atoms with Crippen LogP contribution in [0.5, 0.6) is 5.75 Å². The zero-order valence-corrected chi connectivity index (χ0v) is 60.3. The molecule has 12 rings (SSSR count). The molecule has 4 aromatic heterocycles. The SMILES string of the molecule is C.COc1ccc(B(O)O)cc1.O=S(=O)(NCc1ccncc1)c1cc(-c2ccc(Br)cc2)cs1.O=S(=O)(NCc1ccncc1)c1cc(Br)cs1.[Cl][Pd][Cl].c1ccc(P(c2ccccc2)c2ccccc2)cc1.c1ccc(P(c2ccccc2)c2ccccc2)cc1. The predicted octanol–water partition coefficient (Wildman–Crippen LogP) is 14.7. The number of thiophene rings is 2. The van der Waals surface area contributed by atoms with Gasteiger partial charge in [0.15, 0.2) is 0 Å². The number of aromatic nitrogens is 2. The second kappa shape index (κ2) is 41.2. The molecule has 0 fully saturated rings.